The van der Waals surface area contributed by atoms with E-state index in [2.05, 4.69) is 0 Å². The summed E-state index contributed by atoms with van der Waals surface area (Å²) in [6.07, 6.45) is 0.563. The molecule has 0 heterocycles. The van der Waals surface area contributed by atoms with E-state index >= 15 is 0 Å². The summed E-state index contributed by atoms with van der Waals surface area (Å²) in [5, 5.41) is 9.43. The Hall–Kier alpha value is -1.71. The summed E-state index contributed by atoms with van der Waals surface area (Å²) in [7, 11) is 0. The Kier molecular flexibility index (Phi) is 3.55. The topological polar surface area (TPSA) is 72.5 Å². The molecule has 82 valence electrons. The standard InChI is InChI=1S/C11H15NO3/c1-3-7(2)15-11(14)9-6-8(12)4-5-10(9)13/h4-7,13H,3,12H2,1-2H3. The highest BCUT2D eigenvalue weighted by atomic mass is 16.5. The molecule has 0 aliphatic heterocycles. The van der Waals surface area contributed by atoms with E-state index in [1.165, 1.54) is 18.2 Å². The number of hydrogen-bond acceptors (Lipinski definition) is 4. The summed E-state index contributed by atoms with van der Waals surface area (Å²) in [5.41, 5.74) is 6.04. The number of ether oxygens (including phenoxy) is 1. The summed E-state index contributed by atoms with van der Waals surface area (Å²) in [5.74, 6) is -0.661. The Bertz CT molecular complexity index is 363. The van der Waals surface area contributed by atoms with Crippen molar-refractivity contribution < 1.29 is 14.6 Å². The molecule has 0 fully saturated rings. The molecule has 15 heavy (non-hydrogen) atoms. The Labute approximate surface area is 88.7 Å². The number of rotatable bonds is 3. The van der Waals surface area contributed by atoms with Crippen LogP contribution >= 0.6 is 0 Å². The van der Waals surface area contributed by atoms with Crippen molar-refractivity contribution in [1.82, 2.24) is 0 Å². The Morgan fingerprint density at radius 1 is 1.60 bits per heavy atom. The monoisotopic (exact) mass is 209 g/mol. The third-order valence-corrected chi connectivity index (χ3v) is 2.12. The highest BCUT2D eigenvalue weighted by Crippen LogP contribution is 2.21. The smallest absolute Gasteiger partial charge is 0.342 e. The summed E-state index contributed by atoms with van der Waals surface area (Å²) in [6, 6.07) is 4.30. The van der Waals surface area contributed by atoms with E-state index in [1.807, 2.05) is 6.92 Å². The van der Waals surface area contributed by atoms with Crippen molar-refractivity contribution in [3.63, 3.8) is 0 Å². The fourth-order valence-corrected chi connectivity index (χ4v) is 1.05. The number of benzene rings is 1. The lowest BCUT2D eigenvalue weighted by Crippen LogP contribution is -2.14. The zero-order valence-corrected chi connectivity index (χ0v) is 8.86. The second-order valence-corrected chi connectivity index (χ2v) is 3.40. The molecule has 1 aromatic rings. The second-order valence-electron chi connectivity index (χ2n) is 3.40. The summed E-state index contributed by atoms with van der Waals surface area (Å²) in [6.45, 7) is 3.71. The van der Waals surface area contributed by atoms with Crippen LogP contribution in [0.5, 0.6) is 5.75 Å². The first-order chi connectivity index (χ1) is 7.04. The molecule has 0 aliphatic carbocycles. The van der Waals surface area contributed by atoms with E-state index in [4.69, 9.17) is 10.5 Å². The van der Waals surface area contributed by atoms with Crippen molar-refractivity contribution in [3.8, 4) is 5.75 Å². The molecule has 4 nitrogen and oxygen atoms in total. The first-order valence-corrected chi connectivity index (χ1v) is 4.84. The van der Waals surface area contributed by atoms with Gasteiger partial charge in [-0.25, -0.2) is 4.79 Å². The largest absolute Gasteiger partial charge is 0.507 e. The summed E-state index contributed by atoms with van der Waals surface area (Å²) < 4.78 is 5.07. The molecule has 1 rings (SSSR count). The SMILES string of the molecule is CCC(C)OC(=O)c1cc(N)ccc1O. The van der Waals surface area contributed by atoms with Crippen LogP contribution in [0.3, 0.4) is 0 Å². The van der Waals surface area contributed by atoms with Crippen LogP contribution in [0.15, 0.2) is 18.2 Å². The molecule has 0 spiro atoms. The number of phenolic OH excluding ortho intramolecular Hbond substituents is 1. The minimum atomic E-state index is -0.547. The zero-order valence-electron chi connectivity index (χ0n) is 8.86. The van der Waals surface area contributed by atoms with Gasteiger partial charge in [0.05, 0.1) is 6.10 Å². The lowest BCUT2D eigenvalue weighted by Gasteiger charge is -2.11. The summed E-state index contributed by atoms with van der Waals surface area (Å²) in [4.78, 5) is 11.5. The van der Waals surface area contributed by atoms with Gasteiger partial charge in [0.15, 0.2) is 0 Å². The van der Waals surface area contributed by atoms with Gasteiger partial charge in [-0.2, -0.15) is 0 Å². The van der Waals surface area contributed by atoms with Gasteiger partial charge in [0, 0.05) is 5.69 Å². The van der Waals surface area contributed by atoms with E-state index in [1.54, 1.807) is 6.92 Å². The van der Waals surface area contributed by atoms with E-state index in [9.17, 15) is 9.90 Å². The summed E-state index contributed by atoms with van der Waals surface area (Å²) >= 11 is 0. The number of nitrogens with two attached hydrogens (primary N) is 1. The maximum Gasteiger partial charge on any atom is 0.342 e. The number of esters is 1. The molecule has 0 bridgehead atoms. The van der Waals surface area contributed by atoms with Crippen LogP contribution in [0.2, 0.25) is 0 Å². The van der Waals surface area contributed by atoms with Crippen molar-refractivity contribution in [3.05, 3.63) is 23.8 Å². The van der Waals surface area contributed by atoms with Gasteiger partial charge in [0.25, 0.3) is 0 Å². The van der Waals surface area contributed by atoms with Crippen LogP contribution in [0.1, 0.15) is 30.6 Å². The fourth-order valence-electron chi connectivity index (χ4n) is 1.05. The second kappa shape index (κ2) is 4.68. The predicted molar refractivity (Wildman–Crippen MR) is 57.7 cm³/mol. The lowest BCUT2D eigenvalue weighted by molar-refractivity contribution is 0.0331. The van der Waals surface area contributed by atoms with Crippen LogP contribution in [0.25, 0.3) is 0 Å². The Morgan fingerprint density at radius 2 is 2.27 bits per heavy atom. The number of anilines is 1. The number of phenols is 1. The Balaban J connectivity index is 2.86. The molecular formula is C11H15NO3. The molecule has 0 aromatic heterocycles. The van der Waals surface area contributed by atoms with Gasteiger partial charge in [-0.1, -0.05) is 6.92 Å². The van der Waals surface area contributed by atoms with Gasteiger partial charge in [0.2, 0.25) is 0 Å². The van der Waals surface area contributed by atoms with Gasteiger partial charge < -0.3 is 15.6 Å². The van der Waals surface area contributed by atoms with E-state index < -0.39 is 5.97 Å². The highest BCUT2D eigenvalue weighted by Gasteiger charge is 2.15. The third kappa shape index (κ3) is 2.87. The number of aromatic hydroxyl groups is 1. The van der Waals surface area contributed by atoms with Crippen LogP contribution in [0, 0.1) is 0 Å². The first kappa shape index (κ1) is 11.4. The number of nitrogen functional groups attached to an aromatic ring is 1. The minimum Gasteiger partial charge on any atom is -0.507 e. The van der Waals surface area contributed by atoms with Crippen molar-refractivity contribution in [1.29, 1.82) is 0 Å². The van der Waals surface area contributed by atoms with Crippen molar-refractivity contribution in [2.45, 2.75) is 26.4 Å². The molecule has 0 amide bonds. The molecule has 4 heteroatoms. The molecule has 0 saturated heterocycles. The van der Waals surface area contributed by atoms with Crippen LogP contribution in [-0.4, -0.2) is 17.2 Å². The fraction of sp³-hybridized carbons (Fsp3) is 0.364. The first-order valence-electron chi connectivity index (χ1n) is 4.84. The van der Waals surface area contributed by atoms with E-state index in [0.29, 0.717) is 5.69 Å². The lowest BCUT2D eigenvalue weighted by atomic mass is 10.2. The predicted octanol–water partition coefficient (Wildman–Crippen LogP) is 1.93. The van der Waals surface area contributed by atoms with Gasteiger partial charge in [-0.05, 0) is 31.5 Å². The number of hydrogen-bond donors (Lipinski definition) is 2. The van der Waals surface area contributed by atoms with Crippen LogP contribution in [-0.2, 0) is 4.74 Å². The molecule has 1 unspecified atom stereocenters. The quantitative estimate of drug-likeness (QED) is 0.453. The van der Waals surface area contributed by atoms with Crippen LogP contribution in [0.4, 0.5) is 5.69 Å². The van der Waals surface area contributed by atoms with Crippen molar-refractivity contribution >= 4 is 11.7 Å². The average Bonchev–Trinajstić information content (AvgIpc) is 2.21. The average molecular weight is 209 g/mol. The van der Waals surface area contributed by atoms with Gasteiger partial charge in [-0.3, -0.25) is 0 Å². The van der Waals surface area contributed by atoms with Gasteiger partial charge >= 0.3 is 5.97 Å². The highest BCUT2D eigenvalue weighted by molar-refractivity contribution is 5.93. The molecule has 0 saturated carbocycles. The third-order valence-electron chi connectivity index (χ3n) is 2.12. The normalized spacial score (nSPS) is 12.1. The molecular weight excluding hydrogens is 194 g/mol. The minimum absolute atomic E-state index is 0.107. The van der Waals surface area contributed by atoms with Crippen molar-refractivity contribution in [2.24, 2.45) is 0 Å². The number of carbonyl (C=O) groups is 1. The molecule has 3 N–H and O–H groups in total. The van der Waals surface area contributed by atoms with Gasteiger partial charge in [-0.15, -0.1) is 0 Å². The number of carbonyl (C=O) groups excluding carboxylic acids is 1. The Morgan fingerprint density at radius 3 is 2.87 bits per heavy atom. The molecule has 0 radical (unpaired) electrons. The zero-order chi connectivity index (χ0) is 11.4. The molecule has 1 aromatic carbocycles. The van der Waals surface area contributed by atoms with Crippen LogP contribution < -0.4 is 5.73 Å². The molecule has 0 aliphatic rings. The van der Waals surface area contributed by atoms with E-state index in [0.717, 1.165) is 6.42 Å². The van der Waals surface area contributed by atoms with E-state index in [-0.39, 0.29) is 17.4 Å². The molecule has 1 atom stereocenters. The van der Waals surface area contributed by atoms with Crippen molar-refractivity contribution in [2.75, 3.05) is 5.73 Å². The maximum absolute atomic E-state index is 11.5. The van der Waals surface area contributed by atoms with Gasteiger partial charge in [0.1, 0.15) is 11.3 Å². The maximum atomic E-state index is 11.5.